The molecular weight excluding hydrogens is 458 g/mol. The Morgan fingerprint density at radius 3 is 2.37 bits per heavy atom. The first-order chi connectivity index (χ1) is 17.0. The van der Waals surface area contributed by atoms with Gasteiger partial charge in [-0.05, 0) is 37.6 Å². The molecule has 0 atom stereocenters. The molecule has 2 aromatic heterocycles. The molecule has 1 aliphatic carbocycles. The summed E-state index contributed by atoms with van der Waals surface area (Å²) in [7, 11) is 0. The summed E-state index contributed by atoms with van der Waals surface area (Å²) in [4.78, 5) is 27.8. The summed E-state index contributed by atoms with van der Waals surface area (Å²) in [6.07, 6.45) is 15.3. The minimum Gasteiger partial charge on any atom is -0.351 e. The quantitative estimate of drug-likeness (QED) is 0.264. The summed E-state index contributed by atoms with van der Waals surface area (Å²) in [5.41, 5.74) is 3.50. The topological polar surface area (TPSA) is 83.0 Å². The monoisotopic (exact) mass is 495 g/mol. The van der Waals surface area contributed by atoms with E-state index in [2.05, 4.69) is 25.3 Å². The van der Waals surface area contributed by atoms with Crippen molar-refractivity contribution >= 4 is 51.8 Å². The second-order valence-corrected chi connectivity index (χ2v) is 8.47. The van der Waals surface area contributed by atoms with E-state index >= 15 is 0 Å². The molecule has 2 N–H and O–H groups in total. The molecule has 0 bridgehead atoms. The fourth-order valence-electron chi connectivity index (χ4n) is 3.69. The third kappa shape index (κ3) is 8.62. The van der Waals surface area contributed by atoms with Crippen molar-refractivity contribution < 1.29 is 4.79 Å². The summed E-state index contributed by atoms with van der Waals surface area (Å²) >= 11 is 6.36. The first kappa shape index (κ1) is 28.2. The number of Topliss-reactive ketones (excluding diaryl/α,β-unsaturated/α-hetero) is 1. The Labute approximate surface area is 214 Å². The molecule has 2 heterocycles. The predicted octanol–water partition coefficient (Wildman–Crippen LogP) is 8.77. The molecule has 0 saturated heterocycles. The molecule has 1 aliphatic rings. The van der Waals surface area contributed by atoms with Crippen LogP contribution in [0.2, 0.25) is 5.02 Å². The number of benzene rings is 1. The smallest absolute Gasteiger partial charge is 0.227 e. The number of aliphatic imine (C=N–C) groups is 1. The lowest BCUT2D eigenvalue weighted by Crippen LogP contribution is -1.99. The van der Waals surface area contributed by atoms with Crippen LogP contribution in [0.1, 0.15) is 95.7 Å². The molecule has 0 radical (unpaired) electrons. The number of halogens is 1. The molecule has 0 amide bonds. The summed E-state index contributed by atoms with van der Waals surface area (Å²) in [5, 5.41) is 4.52. The van der Waals surface area contributed by atoms with Crippen molar-refractivity contribution in [2.75, 3.05) is 5.32 Å². The number of rotatable bonds is 6. The van der Waals surface area contributed by atoms with Crippen LogP contribution in [0.15, 0.2) is 41.5 Å². The van der Waals surface area contributed by atoms with Crippen molar-refractivity contribution in [2.45, 2.75) is 79.6 Å². The maximum absolute atomic E-state index is 11.6. The fourth-order valence-corrected chi connectivity index (χ4v) is 3.97. The normalized spacial score (nSPS) is 13.6. The number of carbonyl (C=O) groups excluding carboxylic acids is 1. The summed E-state index contributed by atoms with van der Waals surface area (Å²) < 4.78 is 0. The third-order valence-electron chi connectivity index (χ3n) is 5.42. The number of nitrogens with one attached hydrogen (secondary N) is 2. The highest BCUT2D eigenvalue weighted by molar-refractivity contribution is 6.35. The Balaban J connectivity index is 0.000000463. The van der Waals surface area contributed by atoms with Crippen LogP contribution in [0.25, 0.3) is 16.6 Å². The number of hydrogen-bond donors (Lipinski definition) is 2. The van der Waals surface area contributed by atoms with E-state index in [1.165, 1.54) is 45.4 Å². The first-order valence-corrected chi connectivity index (χ1v) is 13.0. The van der Waals surface area contributed by atoms with Crippen molar-refractivity contribution in [1.82, 2.24) is 15.0 Å². The summed E-state index contributed by atoms with van der Waals surface area (Å²) in [6, 6.07) is 7.26. The zero-order chi connectivity index (χ0) is 25.6. The Kier molecular flexibility index (Phi) is 12.2. The van der Waals surface area contributed by atoms with Gasteiger partial charge in [0.2, 0.25) is 5.95 Å². The van der Waals surface area contributed by atoms with Gasteiger partial charge in [0.05, 0.1) is 27.6 Å². The molecule has 35 heavy (non-hydrogen) atoms. The van der Waals surface area contributed by atoms with Crippen molar-refractivity contribution in [3.63, 3.8) is 0 Å². The zero-order valence-corrected chi connectivity index (χ0v) is 22.4. The average Bonchev–Trinajstić information content (AvgIpc) is 3.33. The van der Waals surface area contributed by atoms with Crippen LogP contribution in [0.3, 0.4) is 0 Å². The summed E-state index contributed by atoms with van der Waals surface area (Å²) in [5.74, 6) is 0.399. The van der Waals surface area contributed by atoms with E-state index in [9.17, 15) is 4.79 Å². The second kappa shape index (κ2) is 15.1. The van der Waals surface area contributed by atoms with Crippen LogP contribution >= 0.6 is 11.6 Å². The van der Waals surface area contributed by atoms with Crippen LogP contribution in [-0.2, 0) is 0 Å². The fraction of sp³-hybridized carbons (Fsp3) is 0.429. The maximum atomic E-state index is 11.6. The highest BCUT2D eigenvalue weighted by Gasteiger charge is 2.10. The zero-order valence-electron chi connectivity index (χ0n) is 21.6. The molecular formula is C28H38ClN5O. The number of ketones is 1. The van der Waals surface area contributed by atoms with Gasteiger partial charge in [-0.1, -0.05) is 77.0 Å². The van der Waals surface area contributed by atoms with E-state index in [4.69, 9.17) is 11.6 Å². The first-order valence-electron chi connectivity index (χ1n) is 12.6. The average molecular weight is 496 g/mol. The summed E-state index contributed by atoms with van der Waals surface area (Å²) in [6.45, 7) is 9.46. The van der Waals surface area contributed by atoms with E-state index in [-0.39, 0.29) is 5.78 Å². The van der Waals surface area contributed by atoms with Gasteiger partial charge in [0.1, 0.15) is 0 Å². The van der Waals surface area contributed by atoms with Gasteiger partial charge in [-0.2, -0.15) is 0 Å². The highest BCUT2D eigenvalue weighted by atomic mass is 35.5. The van der Waals surface area contributed by atoms with Crippen molar-refractivity contribution in [1.29, 1.82) is 0 Å². The van der Waals surface area contributed by atoms with Crippen molar-refractivity contribution in [3.8, 4) is 0 Å². The van der Waals surface area contributed by atoms with E-state index in [1.807, 2.05) is 52.1 Å². The molecule has 0 unspecified atom stereocenters. The van der Waals surface area contributed by atoms with Gasteiger partial charge >= 0.3 is 0 Å². The standard InChI is InChI=1S/C20H20ClN5O.C6H12.C2H6/c1-4-7-22-16(5-2)17-6-8-23-20(26-17)24-14-9-13-10-18(12(3)27)25-19(13)15(21)11-14;1-2-4-6-5-3-1;1-2/h5-11,25H,4H2,1-3H3,(H,23,24,26);1-6H2;1-2H3/b16-5-,22-7?;;. The van der Waals surface area contributed by atoms with Crippen LogP contribution in [-0.4, -0.2) is 26.9 Å². The van der Waals surface area contributed by atoms with Gasteiger partial charge in [0.25, 0.3) is 0 Å². The highest BCUT2D eigenvalue weighted by Crippen LogP contribution is 2.29. The Bertz CT molecular complexity index is 1130. The van der Waals surface area contributed by atoms with Gasteiger partial charge in [-0.25, -0.2) is 9.97 Å². The van der Waals surface area contributed by atoms with Gasteiger partial charge in [-0.15, -0.1) is 0 Å². The van der Waals surface area contributed by atoms with Crippen LogP contribution in [0.4, 0.5) is 11.6 Å². The van der Waals surface area contributed by atoms with E-state index in [1.54, 1.807) is 18.3 Å². The Morgan fingerprint density at radius 1 is 1.14 bits per heavy atom. The third-order valence-corrected chi connectivity index (χ3v) is 5.72. The molecule has 1 saturated carbocycles. The molecule has 1 fully saturated rings. The number of fused-ring (bicyclic) bond motifs is 1. The molecule has 0 aliphatic heterocycles. The number of H-pyrrole nitrogens is 1. The van der Waals surface area contributed by atoms with Gasteiger partial charge in [0.15, 0.2) is 5.78 Å². The SMILES string of the molecule is C/C=C(\N=CCC)c1ccnc(Nc2cc(Cl)c3[nH]c(C(C)=O)cc3c2)n1.C1CCCCC1.CC. The van der Waals surface area contributed by atoms with Crippen molar-refractivity contribution in [3.05, 3.63) is 52.9 Å². The number of nitrogens with zero attached hydrogens (tertiary/aromatic N) is 3. The van der Waals surface area contributed by atoms with Crippen molar-refractivity contribution in [2.24, 2.45) is 4.99 Å². The molecule has 6 nitrogen and oxygen atoms in total. The molecule has 3 aromatic rings. The number of hydrogen-bond acceptors (Lipinski definition) is 5. The molecule has 4 rings (SSSR count). The number of aromatic nitrogens is 3. The lowest BCUT2D eigenvalue weighted by molar-refractivity contribution is 0.101. The predicted molar refractivity (Wildman–Crippen MR) is 150 cm³/mol. The second-order valence-electron chi connectivity index (χ2n) is 8.07. The lowest BCUT2D eigenvalue weighted by Gasteiger charge is -2.08. The number of carbonyl (C=O) groups is 1. The van der Waals surface area contributed by atoms with Crippen LogP contribution in [0.5, 0.6) is 0 Å². The molecule has 7 heteroatoms. The number of aromatic amines is 1. The lowest BCUT2D eigenvalue weighted by atomic mass is 10.0. The molecule has 1 aromatic carbocycles. The number of allylic oxidation sites excluding steroid dienone is 1. The largest absolute Gasteiger partial charge is 0.351 e. The minimum atomic E-state index is -0.0423. The minimum absolute atomic E-state index is 0.0423. The van der Waals surface area contributed by atoms with Gasteiger partial charge in [-0.3, -0.25) is 9.79 Å². The molecule has 0 spiro atoms. The van der Waals surface area contributed by atoms with Gasteiger partial charge < -0.3 is 10.3 Å². The molecule has 188 valence electrons. The van der Waals surface area contributed by atoms with Crippen LogP contribution < -0.4 is 5.32 Å². The van der Waals surface area contributed by atoms with E-state index in [0.717, 1.165) is 34.4 Å². The van der Waals surface area contributed by atoms with Crippen LogP contribution in [0, 0.1) is 0 Å². The Morgan fingerprint density at radius 2 is 1.80 bits per heavy atom. The number of anilines is 2. The van der Waals surface area contributed by atoms with Gasteiger partial charge in [0, 0.05) is 30.4 Å². The Hall–Kier alpha value is -2.99. The maximum Gasteiger partial charge on any atom is 0.227 e. The van der Waals surface area contributed by atoms with E-state index < -0.39 is 0 Å². The van der Waals surface area contributed by atoms with E-state index in [0.29, 0.717) is 16.7 Å².